The summed E-state index contributed by atoms with van der Waals surface area (Å²) >= 11 is 0. The van der Waals surface area contributed by atoms with E-state index in [1.807, 2.05) is 0 Å². The van der Waals surface area contributed by atoms with E-state index < -0.39 is 16.6 Å². The molecule has 102 valence electrons. The van der Waals surface area contributed by atoms with Gasteiger partial charge in [-0.3, -0.25) is 10.1 Å². The van der Waals surface area contributed by atoms with Crippen LogP contribution >= 0.6 is 0 Å². The van der Waals surface area contributed by atoms with Crippen molar-refractivity contribution >= 4 is 17.6 Å². The third-order valence-electron chi connectivity index (χ3n) is 1.96. The van der Waals surface area contributed by atoms with Crippen LogP contribution in [0.2, 0.25) is 0 Å². The summed E-state index contributed by atoms with van der Waals surface area (Å²) in [5.41, 5.74) is 5.10. The molecule has 0 aliphatic carbocycles. The minimum absolute atomic E-state index is 0.125. The molecule has 0 spiro atoms. The van der Waals surface area contributed by atoms with Crippen molar-refractivity contribution in [2.45, 2.75) is 26.4 Å². The Kier molecular flexibility index (Phi) is 4.21. The van der Waals surface area contributed by atoms with Crippen LogP contribution in [0, 0.1) is 10.1 Å². The highest BCUT2D eigenvalue weighted by atomic mass is 16.6. The fourth-order valence-corrected chi connectivity index (χ4v) is 1.23. The van der Waals surface area contributed by atoms with E-state index in [1.165, 1.54) is 24.3 Å². The molecule has 0 unspecified atom stereocenters. The molecule has 1 aromatic rings. The molecule has 0 aliphatic rings. The lowest BCUT2D eigenvalue weighted by Gasteiger charge is -2.17. The van der Waals surface area contributed by atoms with Crippen LogP contribution in [0.3, 0.4) is 0 Å². The maximum Gasteiger partial charge on any atom is 0.436 e. The molecule has 1 rings (SSSR count). The van der Waals surface area contributed by atoms with Crippen molar-refractivity contribution in [1.82, 2.24) is 0 Å². The van der Waals surface area contributed by atoms with E-state index in [0.29, 0.717) is 5.56 Å². The van der Waals surface area contributed by atoms with Crippen molar-refractivity contribution in [2.24, 2.45) is 10.7 Å². The SMILES string of the molecule is CC(C)(C)OC(=O)N=C(N)c1cccc([N+](=O)[O-])c1. The smallest absolute Gasteiger partial charge is 0.436 e. The standard InChI is InChI=1S/C12H15N3O4/c1-12(2,3)19-11(16)14-10(13)8-5-4-6-9(7-8)15(17)18/h4-7H,1-3H3,(H2,13,14,16). The second kappa shape index (κ2) is 5.47. The Hall–Kier alpha value is -2.44. The molecule has 2 N–H and O–H groups in total. The first-order chi connectivity index (χ1) is 8.69. The summed E-state index contributed by atoms with van der Waals surface area (Å²) in [6.45, 7) is 5.10. The fourth-order valence-electron chi connectivity index (χ4n) is 1.23. The van der Waals surface area contributed by atoms with Gasteiger partial charge in [0.25, 0.3) is 5.69 Å². The predicted octanol–water partition coefficient (Wildman–Crippen LogP) is 2.24. The van der Waals surface area contributed by atoms with Gasteiger partial charge in [-0.25, -0.2) is 4.79 Å². The molecule has 7 heteroatoms. The van der Waals surface area contributed by atoms with Crippen LogP contribution in [0.4, 0.5) is 10.5 Å². The lowest BCUT2D eigenvalue weighted by Crippen LogP contribution is -2.24. The number of amides is 1. The van der Waals surface area contributed by atoms with E-state index in [4.69, 9.17) is 10.5 Å². The number of hydrogen-bond acceptors (Lipinski definition) is 4. The Balaban J connectivity index is 2.93. The average molecular weight is 265 g/mol. The van der Waals surface area contributed by atoms with E-state index in [9.17, 15) is 14.9 Å². The van der Waals surface area contributed by atoms with Crippen LogP contribution in [0.15, 0.2) is 29.3 Å². The number of non-ortho nitro benzene ring substituents is 1. The number of benzene rings is 1. The zero-order chi connectivity index (χ0) is 14.6. The van der Waals surface area contributed by atoms with Crippen molar-refractivity contribution in [3.05, 3.63) is 39.9 Å². The van der Waals surface area contributed by atoms with Gasteiger partial charge in [0.1, 0.15) is 11.4 Å². The van der Waals surface area contributed by atoms with Crippen LogP contribution in [-0.4, -0.2) is 22.5 Å². The first kappa shape index (κ1) is 14.6. The number of carbonyl (C=O) groups excluding carboxylic acids is 1. The van der Waals surface area contributed by atoms with Gasteiger partial charge >= 0.3 is 6.09 Å². The van der Waals surface area contributed by atoms with Gasteiger partial charge in [0.2, 0.25) is 0 Å². The summed E-state index contributed by atoms with van der Waals surface area (Å²) < 4.78 is 4.97. The first-order valence-corrected chi connectivity index (χ1v) is 5.51. The number of ether oxygens (including phenoxy) is 1. The van der Waals surface area contributed by atoms with Crippen LogP contribution < -0.4 is 5.73 Å². The van der Waals surface area contributed by atoms with Crippen LogP contribution in [0.5, 0.6) is 0 Å². The second-order valence-corrected chi connectivity index (χ2v) is 4.78. The number of nitro benzene ring substituents is 1. The molecular formula is C12H15N3O4. The zero-order valence-corrected chi connectivity index (χ0v) is 10.9. The van der Waals surface area contributed by atoms with Crippen molar-refractivity contribution in [3.63, 3.8) is 0 Å². The van der Waals surface area contributed by atoms with Gasteiger partial charge in [-0.05, 0) is 20.8 Å². The third kappa shape index (κ3) is 4.74. The first-order valence-electron chi connectivity index (χ1n) is 5.51. The van der Waals surface area contributed by atoms with Crippen molar-refractivity contribution in [3.8, 4) is 0 Å². The summed E-state index contributed by atoms with van der Waals surface area (Å²) in [6, 6.07) is 5.55. The minimum Gasteiger partial charge on any atom is -0.442 e. The van der Waals surface area contributed by atoms with Crippen LogP contribution in [0.1, 0.15) is 26.3 Å². The maximum atomic E-state index is 11.4. The number of nitrogens with zero attached hydrogens (tertiary/aromatic N) is 2. The summed E-state index contributed by atoms with van der Waals surface area (Å²) in [6.07, 6.45) is -0.837. The van der Waals surface area contributed by atoms with E-state index in [-0.39, 0.29) is 11.5 Å². The largest absolute Gasteiger partial charge is 0.442 e. The molecule has 0 fully saturated rings. The van der Waals surface area contributed by atoms with Crippen LogP contribution in [-0.2, 0) is 4.74 Å². The van der Waals surface area contributed by atoms with E-state index in [0.717, 1.165) is 0 Å². The van der Waals surface area contributed by atoms with E-state index in [2.05, 4.69) is 4.99 Å². The lowest BCUT2D eigenvalue weighted by atomic mass is 10.2. The van der Waals surface area contributed by atoms with E-state index >= 15 is 0 Å². The van der Waals surface area contributed by atoms with E-state index in [1.54, 1.807) is 20.8 Å². The highest BCUT2D eigenvalue weighted by Gasteiger charge is 2.16. The quantitative estimate of drug-likeness (QED) is 0.382. The number of hydrogen-bond donors (Lipinski definition) is 1. The molecule has 1 aromatic carbocycles. The van der Waals surface area contributed by atoms with Crippen molar-refractivity contribution in [2.75, 3.05) is 0 Å². The Bertz CT molecular complexity index is 532. The topological polar surface area (TPSA) is 108 Å². The van der Waals surface area contributed by atoms with Crippen molar-refractivity contribution < 1.29 is 14.5 Å². The zero-order valence-electron chi connectivity index (χ0n) is 10.9. The molecule has 0 aliphatic heterocycles. The third-order valence-corrected chi connectivity index (χ3v) is 1.96. The number of amidine groups is 1. The highest BCUT2D eigenvalue weighted by molar-refractivity contribution is 6.03. The molecule has 0 aromatic heterocycles. The van der Waals surface area contributed by atoms with Gasteiger partial charge in [-0.15, -0.1) is 0 Å². The number of aliphatic imine (C=N–C) groups is 1. The predicted molar refractivity (Wildman–Crippen MR) is 70.1 cm³/mol. The normalized spacial score (nSPS) is 12.1. The maximum absolute atomic E-state index is 11.4. The molecule has 0 saturated heterocycles. The lowest BCUT2D eigenvalue weighted by molar-refractivity contribution is -0.384. The fraction of sp³-hybridized carbons (Fsp3) is 0.333. The molecule has 19 heavy (non-hydrogen) atoms. The Morgan fingerprint density at radius 3 is 2.58 bits per heavy atom. The van der Waals surface area contributed by atoms with Gasteiger partial charge in [0.05, 0.1) is 4.92 Å². The Morgan fingerprint density at radius 2 is 2.05 bits per heavy atom. The molecule has 7 nitrogen and oxygen atoms in total. The summed E-state index contributed by atoms with van der Waals surface area (Å²) in [7, 11) is 0. The molecule has 0 saturated carbocycles. The molecule has 0 bridgehead atoms. The molecule has 0 heterocycles. The summed E-state index contributed by atoms with van der Waals surface area (Å²) in [4.78, 5) is 25.0. The molecule has 0 atom stereocenters. The number of nitro groups is 1. The molecule has 0 radical (unpaired) electrons. The number of nitrogens with two attached hydrogens (primary N) is 1. The molecule has 1 amide bonds. The Labute approximate surface area is 110 Å². The number of carbonyl (C=O) groups is 1. The second-order valence-electron chi connectivity index (χ2n) is 4.78. The number of rotatable bonds is 2. The minimum atomic E-state index is -0.837. The van der Waals surface area contributed by atoms with Gasteiger partial charge in [-0.1, -0.05) is 12.1 Å². The summed E-state index contributed by atoms with van der Waals surface area (Å²) in [5.74, 6) is -0.127. The monoisotopic (exact) mass is 265 g/mol. The van der Waals surface area contributed by atoms with Crippen LogP contribution in [0.25, 0.3) is 0 Å². The van der Waals surface area contributed by atoms with Gasteiger partial charge in [0, 0.05) is 17.7 Å². The summed E-state index contributed by atoms with van der Waals surface area (Å²) in [5, 5.41) is 10.6. The molecular weight excluding hydrogens is 250 g/mol. The average Bonchev–Trinajstić information content (AvgIpc) is 2.26. The van der Waals surface area contributed by atoms with Gasteiger partial charge in [-0.2, -0.15) is 4.99 Å². The van der Waals surface area contributed by atoms with Crippen molar-refractivity contribution in [1.29, 1.82) is 0 Å². The highest BCUT2D eigenvalue weighted by Crippen LogP contribution is 2.13. The Morgan fingerprint density at radius 1 is 1.42 bits per heavy atom. The van der Waals surface area contributed by atoms with Gasteiger partial charge < -0.3 is 10.5 Å². The van der Waals surface area contributed by atoms with Gasteiger partial charge in [0.15, 0.2) is 0 Å².